The van der Waals surface area contributed by atoms with Crippen molar-refractivity contribution in [1.82, 2.24) is 25.4 Å². The van der Waals surface area contributed by atoms with Gasteiger partial charge in [0.2, 0.25) is 0 Å². The molecule has 6 heteroatoms. The predicted octanol–water partition coefficient (Wildman–Crippen LogP) is 1.65. The van der Waals surface area contributed by atoms with Gasteiger partial charge in [0.05, 0.1) is 5.69 Å². The van der Waals surface area contributed by atoms with Crippen LogP contribution in [0.5, 0.6) is 0 Å². The molecule has 0 bridgehead atoms. The van der Waals surface area contributed by atoms with E-state index < -0.39 is 0 Å². The van der Waals surface area contributed by atoms with Crippen LogP contribution < -0.4 is 10.6 Å². The van der Waals surface area contributed by atoms with E-state index in [0.717, 1.165) is 31.0 Å². The summed E-state index contributed by atoms with van der Waals surface area (Å²) in [6, 6.07) is 8.68. The van der Waals surface area contributed by atoms with Crippen molar-refractivity contribution in [2.45, 2.75) is 25.4 Å². The third kappa shape index (κ3) is 3.52. The van der Waals surface area contributed by atoms with E-state index in [1.165, 1.54) is 11.9 Å². The molecule has 3 rings (SSSR count). The van der Waals surface area contributed by atoms with Gasteiger partial charge in [0.15, 0.2) is 5.96 Å². The largest absolute Gasteiger partial charge is 0.353 e. The molecular formula is C16H20N6. The Balaban J connectivity index is 1.54. The van der Waals surface area contributed by atoms with Crippen molar-refractivity contribution in [1.29, 1.82) is 0 Å². The molecular weight excluding hydrogens is 276 g/mol. The molecule has 1 aliphatic carbocycles. The Morgan fingerprint density at radius 1 is 1.27 bits per heavy atom. The lowest BCUT2D eigenvalue weighted by Gasteiger charge is -2.17. The molecule has 0 radical (unpaired) electrons. The molecule has 0 spiro atoms. The fraction of sp³-hybridized carbons (Fsp3) is 0.312. The number of nitrogens with one attached hydrogen (secondary N) is 2. The molecule has 1 aliphatic rings. The summed E-state index contributed by atoms with van der Waals surface area (Å²) in [7, 11) is 1.80. The lowest BCUT2D eigenvalue weighted by atomic mass is 10.2. The van der Waals surface area contributed by atoms with E-state index in [4.69, 9.17) is 0 Å². The zero-order chi connectivity index (χ0) is 15.2. The molecule has 2 aromatic rings. The summed E-state index contributed by atoms with van der Waals surface area (Å²) in [5.74, 6) is 0.842. The van der Waals surface area contributed by atoms with Crippen LogP contribution in [0.3, 0.4) is 0 Å². The van der Waals surface area contributed by atoms with E-state index in [9.17, 15) is 0 Å². The maximum absolute atomic E-state index is 4.27. The van der Waals surface area contributed by atoms with E-state index in [2.05, 4.69) is 50.0 Å². The highest BCUT2D eigenvalue weighted by atomic mass is 15.3. The van der Waals surface area contributed by atoms with Crippen LogP contribution in [0.4, 0.5) is 0 Å². The summed E-state index contributed by atoms with van der Waals surface area (Å²) < 4.78 is 1.74. The van der Waals surface area contributed by atoms with Crippen LogP contribution in [0.1, 0.15) is 18.4 Å². The molecule has 0 amide bonds. The molecule has 0 saturated heterocycles. The Morgan fingerprint density at radius 3 is 2.68 bits per heavy atom. The number of aliphatic imine (C=N–C) groups is 1. The first kappa shape index (κ1) is 14.3. The Hall–Kier alpha value is -2.63. The lowest BCUT2D eigenvalue weighted by Crippen LogP contribution is -2.42. The molecule has 0 fully saturated rings. The van der Waals surface area contributed by atoms with Gasteiger partial charge in [0.1, 0.15) is 12.7 Å². The molecule has 0 saturated carbocycles. The second kappa shape index (κ2) is 6.89. The molecule has 0 unspecified atom stereocenters. The Bertz CT molecular complexity index is 634. The number of aromatic nitrogens is 3. The smallest absolute Gasteiger partial charge is 0.191 e. The third-order valence-corrected chi connectivity index (χ3v) is 3.65. The second-order valence-electron chi connectivity index (χ2n) is 5.22. The summed E-state index contributed by atoms with van der Waals surface area (Å²) in [6.07, 6.45) is 9.75. The van der Waals surface area contributed by atoms with Crippen molar-refractivity contribution < 1.29 is 0 Å². The average molecular weight is 296 g/mol. The quantitative estimate of drug-likeness (QED) is 0.511. The summed E-state index contributed by atoms with van der Waals surface area (Å²) in [5.41, 5.74) is 2.19. The van der Waals surface area contributed by atoms with E-state index in [-0.39, 0.29) is 0 Å². The number of hydrogen-bond donors (Lipinski definition) is 2. The Morgan fingerprint density at radius 2 is 2.05 bits per heavy atom. The van der Waals surface area contributed by atoms with E-state index in [1.807, 2.05) is 12.1 Å². The number of nitrogens with zero attached hydrogens (tertiary/aromatic N) is 4. The van der Waals surface area contributed by atoms with Gasteiger partial charge in [-0.3, -0.25) is 4.99 Å². The van der Waals surface area contributed by atoms with E-state index >= 15 is 0 Å². The minimum absolute atomic E-state index is 0.459. The van der Waals surface area contributed by atoms with E-state index in [1.54, 1.807) is 18.1 Å². The fourth-order valence-electron chi connectivity index (χ4n) is 2.42. The van der Waals surface area contributed by atoms with Crippen molar-refractivity contribution in [2.75, 3.05) is 7.05 Å². The van der Waals surface area contributed by atoms with Crippen molar-refractivity contribution in [3.8, 4) is 5.69 Å². The van der Waals surface area contributed by atoms with Crippen LogP contribution in [-0.4, -0.2) is 33.8 Å². The monoisotopic (exact) mass is 296 g/mol. The van der Waals surface area contributed by atoms with Gasteiger partial charge in [-0.05, 0) is 30.5 Å². The Kier molecular flexibility index (Phi) is 4.48. The first-order valence-electron chi connectivity index (χ1n) is 7.41. The zero-order valence-corrected chi connectivity index (χ0v) is 12.6. The topological polar surface area (TPSA) is 67.1 Å². The summed E-state index contributed by atoms with van der Waals surface area (Å²) in [6.45, 7) is 0.734. The third-order valence-electron chi connectivity index (χ3n) is 3.65. The molecule has 114 valence electrons. The first-order chi connectivity index (χ1) is 10.8. The van der Waals surface area contributed by atoms with Gasteiger partial charge in [0.25, 0.3) is 0 Å². The highest BCUT2D eigenvalue weighted by molar-refractivity contribution is 5.80. The maximum Gasteiger partial charge on any atom is 0.191 e. The summed E-state index contributed by atoms with van der Waals surface area (Å²) in [5, 5.41) is 10.9. The van der Waals surface area contributed by atoms with Crippen molar-refractivity contribution in [3.63, 3.8) is 0 Å². The van der Waals surface area contributed by atoms with E-state index in [0.29, 0.717) is 6.04 Å². The van der Waals surface area contributed by atoms with Crippen LogP contribution in [0.25, 0.3) is 5.69 Å². The van der Waals surface area contributed by atoms with Gasteiger partial charge < -0.3 is 10.6 Å². The van der Waals surface area contributed by atoms with Crippen molar-refractivity contribution in [2.24, 2.45) is 4.99 Å². The Labute approximate surface area is 130 Å². The van der Waals surface area contributed by atoms with Crippen LogP contribution >= 0.6 is 0 Å². The average Bonchev–Trinajstić information content (AvgIpc) is 3.25. The van der Waals surface area contributed by atoms with Gasteiger partial charge in [-0.25, -0.2) is 9.67 Å². The minimum atomic E-state index is 0.459. The lowest BCUT2D eigenvalue weighted by molar-refractivity contribution is 0.633. The van der Waals surface area contributed by atoms with Crippen molar-refractivity contribution >= 4 is 5.96 Å². The number of rotatable bonds is 4. The van der Waals surface area contributed by atoms with Crippen LogP contribution in [0, 0.1) is 0 Å². The fourth-order valence-corrected chi connectivity index (χ4v) is 2.42. The molecule has 1 aromatic carbocycles. The number of benzene rings is 1. The molecule has 1 heterocycles. The highest BCUT2D eigenvalue weighted by Gasteiger charge is 2.11. The van der Waals surface area contributed by atoms with Crippen LogP contribution in [-0.2, 0) is 6.54 Å². The molecule has 1 aromatic heterocycles. The minimum Gasteiger partial charge on any atom is -0.353 e. The molecule has 0 aliphatic heterocycles. The highest BCUT2D eigenvalue weighted by Crippen LogP contribution is 2.09. The van der Waals surface area contributed by atoms with Gasteiger partial charge in [-0.2, -0.15) is 5.10 Å². The molecule has 0 atom stereocenters. The molecule has 2 N–H and O–H groups in total. The van der Waals surface area contributed by atoms with Gasteiger partial charge in [-0.15, -0.1) is 0 Å². The van der Waals surface area contributed by atoms with Gasteiger partial charge in [-0.1, -0.05) is 24.3 Å². The predicted molar refractivity (Wildman–Crippen MR) is 86.9 cm³/mol. The van der Waals surface area contributed by atoms with Crippen molar-refractivity contribution in [3.05, 3.63) is 54.6 Å². The normalized spacial score (nSPS) is 15.2. The standard InChI is InChI=1S/C16H20N6/c1-17-16(21-14-4-2-3-5-14)19-10-13-6-8-15(9-7-13)22-12-18-11-20-22/h2-3,6-9,11-12,14H,4-5,10H2,1H3,(H2,17,19,21). The SMILES string of the molecule is CN=C(NCc1ccc(-n2cncn2)cc1)NC1CC=CC1. The van der Waals surface area contributed by atoms with Crippen LogP contribution in [0.2, 0.25) is 0 Å². The van der Waals surface area contributed by atoms with Gasteiger partial charge >= 0.3 is 0 Å². The second-order valence-corrected chi connectivity index (χ2v) is 5.22. The summed E-state index contributed by atoms with van der Waals surface area (Å²) in [4.78, 5) is 8.22. The van der Waals surface area contributed by atoms with Gasteiger partial charge in [0, 0.05) is 19.6 Å². The first-order valence-corrected chi connectivity index (χ1v) is 7.41. The molecule has 22 heavy (non-hydrogen) atoms. The molecule has 6 nitrogen and oxygen atoms in total. The zero-order valence-electron chi connectivity index (χ0n) is 12.6. The maximum atomic E-state index is 4.27. The number of guanidine groups is 1. The van der Waals surface area contributed by atoms with Crippen LogP contribution in [0.15, 0.2) is 54.1 Å². The summed E-state index contributed by atoms with van der Waals surface area (Å²) >= 11 is 0. The number of hydrogen-bond acceptors (Lipinski definition) is 3.